The molecule has 2 rings (SSSR count). The smallest absolute Gasteiger partial charge is 0.268 e. The Morgan fingerprint density at radius 2 is 2.14 bits per heavy atom. The second kappa shape index (κ2) is 6.51. The SMILES string of the molecule is CS(=O)CS(=O)(=O)N1CCC(c2nc(C(N)=O)cs2)CC1. The molecule has 21 heavy (non-hydrogen) atoms. The highest BCUT2D eigenvalue weighted by Gasteiger charge is 2.30. The van der Waals surface area contributed by atoms with Gasteiger partial charge in [-0.3, -0.25) is 9.00 Å². The third-order valence-electron chi connectivity index (χ3n) is 3.29. The zero-order valence-electron chi connectivity index (χ0n) is 11.5. The normalized spacial score (nSPS) is 19.5. The zero-order chi connectivity index (χ0) is 15.6. The minimum atomic E-state index is -3.45. The van der Waals surface area contributed by atoms with Crippen molar-refractivity contribution in [3.05, 3.63) is 16.1 Å². The number of carbonyl (C=O) groups excluding carboxylic acids is 1. The number of thiazole rings is 1. The molecule has 7 nitrogen and oxygen atoms in total. The standard InChI is InChI=1S/C11H17N3O4S3/c1-20(16)7-21(17,18)14-4-2-8(3-5-14)11-13-9(6-19-11)10(12)15/h6,8H,2-5,7H2,1H3,(H2,12,15). The van der Waals surface area contributed by atoms with Crippen LogP contribution in [0.1, 0.15) is 34.3 Å². The molecule has 2 heterocycles. The molecule has 1 aromatic rings. The molecule has 1 fully saturated rings. The number of nitrogens with two attached hydrogens (primary N) is 1. The largest absolute Gasteiger partial charge is 0.364 e. The van der Waals surface area contributed by atoms with Gasteiger partial charge in [-0.15, -0.1) is 11.3 Å². The lowest BCUT2D eigenvalue weighted by Crippen LogP contribution is -2.39. The van der Waals surface area contributed by atoms with E-state index < -0.39 is 26.7 Å². The molecule has 1 saturated heterocycles. The van der Waals surface area contributed by atoms with E-state index >= 15 is 0 Å². The van der Waals surface area contributed by atoms with Crippen LogP contribution in [0.25, 0.3) is 0 Å². The van der Waals surface area contributed by atoms with Gasteiger partial charge in [-0.25, -0.2) is 17.7 Å². The molecule has 0 radical (unpaired) electrons. The summed E-state index contributed by atoms with van der Waals surface area (Å²) in [6, 6.07) is 0. The predicted molar refractivity (Wildman–Crippen MR) is 82.0 cm³/mol. The first-order chi connectivity index (χ1) is 9.79. The van der Waals surface area contributed by atoms with Gasteiger partial charge in [0, 0.05) is 41.4 Å². The molecular weight excluding hydrogens is 334 g/mol. The van der Waals surface area contributed by atoms with Crippen LogP contribution in [0, 0.1) is 0 Å². The van der Waals surface area contributed by atoms with Crippen LogP contribution < -0.4 is 5.73 Å². The first-order valence-corrected chi connectivity index (χ1v) is 10.5. The van der Waals surface area contributed by atoms with E-state index in [4.69, 9.17) is 5.73 Å². The Morgan fingerprint density at radius 1 is 1.52 bits per heavy atom. The van der Waals surface area contributed by atoms with Crippen LogP contribution in [0.4, 0.5) is 0 Å². The number of rotatable bonds is 5. The fourth-order valence-electron chi connectivity index (χ4n) is 2.25. The summed E-state index contributed by atoms with van der Waals surface area (Å²) in [5, 5.41) is 2.11. The Hall–Kier alpha value is -0.840. The van der Waals surface area contributed by atoms with Gasteiger partial charge in [0.05, 0.1) is 5.01 Å². The van der Waals surface area contributed by atoms with Crippen molar-refractivity contribution in [2.45, 2.75) is 18.8 Å². The van der Waals surface area contributed by atoms with Crippen LogP contribution in [0.15, 0.2) is 5.38 Å². The number of amides is 1. The summed E-state index contributed by atoms with van der Waals surface area (Å²) in [5.74, 6) is -0.412. The molecule has 0 spiro atoms. The average molecular weight is 351 g/mol. The van der Waals surface area contributed by atoms with Gasteiger partial charge < -0.3 is 5.73 Å². The van der Waals surface area contributed by atoms with Gasteiger partial charge in [-0.05, 0) is 12.8 Å². The lowest BCUT2D eigenvalue weighted by atomic mass is 9.99. The monoisotopic (exact) mass is 351 g/mol. The molecule has 0 aromatic carbocycles. The molecule has 0 aliphatic carbocycles. The second-order valence-corrected chi connectivity index (χ2v) is 9.57. The maximum absolute atomic E-state index is 12.0. The third kappa shape index (κ3) is 4.09. The number of sulfonamides is 1. The van der Waals surface area contributed by atoms with E-state index in [0.29, 0.717) is 25.9 Å². The topological polar surface area (TPSA) is 110 Å². The van der Waals surface area contributed by atoms with Gasteiger partial charge in [0.25, 0.3) is 5.91 Å². The summed E-state index contributed by atoms with van der Waals surface area (Å²) in [5.41, 5.74) is 5.43. The fourth-order valence-corrected chi connectivity index (χ4v) is 6.28. The third-order valence-corrected chi connectivity index (χ3v) is 7.96. The van der Waals surface area contributed by atoms with Crippen molar-refractivity contribution >= 4 is 38.1 Å². The number of primary amides is 1. The van der Waals surface area contributed by atoms with Crippen molar-refractivity contribution in [2.75, 3.05) is 24.4 Å². The lowest BCUT2D eigenvalue weighted by molar-refractivity contribution is 0.0996. The Labute approximate surface area is 130 Å². The summed E-state index contributed by atoms with van der Waals surface area (Å²) < 4.78 is 36.5. The van der Waals surface area contributed by atoms with E-state index in [2.05, 4.69) is 4.98 Å². The van der Waals surface area contributed by atoms with Crippen molar-refractivity contribution in [3.63, 3.8) is 0 Å². The molecule has 1 unspecified atom stereocenters. The Morgan fingerprint density at radius 3 is 2.62 bits per heavy atom. The quantitative estimate of drug-likeness (QED) is 0.808. The van der Waals surface area contributed by atoms with Crippen LogP contribution in [0.5, 0.6) is 0 Å². The van der Waals surface area contributed by atoms with Crippen LogP contribution in [0.3, 0.4) is 0 Å². The maximum atomic E-state index is 12.0. The Kier molecular flexibility index (Phi) is 5.12. The van der Waals surface area contributed by atoms with Crippen LogP contribution >= 0.6 is 11.3 Å². The minimum absolute atomic E-state index is 0.140. The van der Waals surface area contributed by atoms with Crippen molar-refractivity contribution in [1.29, 1.82) is 0 Å². The van der Waals surface area contributed by atoms with Crippen molar-refractivity contribution in [2.24, 2.45) is 5.73 Å². The summed E-state index contributed by atoms with van der Waals surface area (Å²) in [7, 11) is -4.83. The van der Waals surface area contributed by atoms with Crippen LogP contribution in [-0.2, 0) is 20.8 Å². The van der Waals surface area contributed by atoms with Gasteiger partial charge in [0.15, 0.2) is 0 Å². The number of carbonyl (C=O) groups is 1. The molecule has 1 aliphatic heterocycles. The molecule has 0 bridgehead atoms. The van der Waals surface area contributed by atoms with Gasteiger partial charge in [0.2, 0.25) is 10.0 Å². The van der Waals surface area contributed by atoms with E-state index in [1.54, 1.807) is 5.38 Å². The van der Waals surface area contributed by atoms with E-state index in [1.807, 2.05) is 0 Å². The van der Waals surface area contributed by atoms with Gasteiger partial charge in [-0.2, -0.15) is 0 Å². The molecule has 1 amide bonds. The van der Waals surface area contributed by atoms with Crippen LogP contribution in [-0.4, -0.2) is 52.3 Å². The highest BCUT2D eigenvalue weighted by Crippen LogP contribution is 2.31. The summed E-state index contributed by atoms with van der Waals surface area (Å²) in [6.45, 7) is 0.769. The van der Waals surface area contributed by atoms with E-state index in [-0.39, 0.29) is 16.7 Å². The first kappa shape index (κ1) is 16.5. The lowest BCUT2D eigenvalue weighted by Gasteiger charge is -2.29. The molecule has 2 N–H and O–H groups in total. The Bertz CT molecular complexity index is 647. The highest BCUT2D eigenvalue weighted by molar-refractivity contribution is 8.03. The van der Waals surface area contributed by atoms with Gasteiger partial charge >= 0.3 is 0 Å². The molecule has 1 aliphatic rings. The van der Waals surface area contributed by atoms with E-state index in [1.165, 1.54) is 21.9 Å². The first-order valence-electron chi connectivity index (χ1n) is 6.32. The molecular formula is C11H17N3O4S3. The Balaban J connectivity index is 1.99. The fraction of sp³-hybridized carbons (Fsp3) is 0.636. The second-order valence-electron chi connectivity index (χ2n) is 4.91. The number of piperidine rings is 1. The number of aromatic nitrogens is 1. The summed E-state index contributed by atoms with van der Waals surface area (Å²) in [4.78, 5) is 15.2. The average Bonchev–Trinajstić information content (AvgIpc) is 2.87. The number of hydrogen-bond acceptors (Lipinski definition) is 6. The van der Waals surface area contributed by atoms with Gasteiger partial charge in [0.1, 0.15) is 10.8 Å². The molecule has 1 atom stereocenters. The van der Waals surface area contributed by atoms with E-state index in [9.17, 15) is 17.4 Å². The summed E-state index contributed by atoms with van der Waals surface area (Å²) in [6.07, 6.45) is 2.66. The predicted octanol–water partition coefficient (Wildman–Crippen LogP) is 0.0872. The van der Waals surface area contributed by atoms with Crippen molar-refractivity contribution in [1.82, 2.24) is 9.29 Å². The number of nitrogens with zero attached hydrogens (tertiary/aromatic N) is 2. The molecule has 10 heteroatoms. The summed E-state index contributed by atoms with van der Waals surface area (Å²) >= 11 is 1.38. The van der Waals surface area contributed by atoms with E-state index in [0.717, 1.165) is 5.01 Å². The number of hydrogen-bond donors (Lipinski definition) is 1. The van der Waals surface area contributed by atoms with Crippen LogP contribution in [0.2, 0.25) is 0 Å². The molecule has 118 valence electrons. The highest BCUT2D eigenvalue weighted by atomic mass is 32.3. The van der Waals surface area contributed by atoms with Gasteiger partial charge in [-0.1, -0.05) is 0 Å². The maximum Gasteiger partial charge on any atom is 0.268 e. The van der Waals surface area contributed by atoms with Crippen molar-refractivity contribution < 1.29 is 17.4 Å². The zero-order valence-corrected chi connectivity index (χ0v) is 14.0. The molecule has 1 aromatic heterocycles. The molecule has 0 saturated carbocycles. The van der Waals surface area contributed by atoms with Crippen molar-refractivity contribution in [3.8, 4) is 0 Å². The minimum Gasteiger partial charge on any atom is -0.364 e.